The number of hydrogen-bond donors (Lipinski definition) is 0. The molecule has 6 rings (SSSR count). The van der Waals surface area contributed by atoms with Crippen LogP contribution in [0.15, 0.2) is 72.8 Å². The quantitative estimate of drug-likeness (QED) is 0.0962. The Hall–Kier alpha value is -5.11. The highest BCUT2D eigenvalue weighted by Gasteiger charge is 2.37. The van der Waals surface area contributed by atoms with Crippen molar-refractivity contribution in [2.75, 3.05) is 33.0 Å². The highest BCUT2D eigenvalue weighted by atomic mass is 19.1. The van der Waals surface area contributed by atoms with Crippen LogP contribution < -0.4 is 14.2 Å². The Labute approximate surface area is 270 Å². The maximum atomic E-state index is 14.0. The van der Waals surface area contributed by atoms with Crippen molar-refractivity contribution in [1.29, 1.82) is 5.26 Å². The van der Waals surface area contributed by atoms with Gasteiger partial charge in [-0.2, -0.15) is 5.26 Å². The minimum atomic E-state index is -1.12. The predicted octanol–water partition coefficient (Wildman–Crippen LogP) is 7.23. The molecule has 0 radical (unpaired) electrons. The van der Waals surface area contributed by atoms with Crippen molar-refractivity contribution in [3.63, 3.8) is 0 Å². The normalized spacial score (nSPS) is 15.5. The summed E-state index contributed by atoms with van der Waals surface area (Å²) in [6.07, 6.45) is 1.01. The molecule has 1 heterocycles. The van der Waals surface area contributed by atoms with Crippen LogP contribution in [-0.4, -0.2) is 45.0 Å². The van der Waals surface area contributed by atoms with Crippen molar-refractivity contribution in [2.45, 2.75) is 26.2 Å². The molecular formula is C37H31F2NO7. The molecule has 2 aliphatic rings. The number of ether oxygens (including phenoxy) is 5. The summed E-state index contributed by atoms with van der Waals surface area (Å²) in [6, 6.07) is 20.1. The lowest BCUT2D eigenvalue weighted by Crippen LogP contribution is -2.45. The van der Waals surface area contributed by atoms with Crippen LogP contribution in [0.1, 0.15) is 63.6 Å². The third kappa shape index (κ3) is 6.59. The number of carbonyl (C=O) groups excluding carboxylic acids is 2. The highest BCUT2D eigenvalue weighted by Crippen LogP contribution is 2.46. The van der Waals surface area contributed by atoms with Gasteiger partial charge in [-0.05, 0) is 77.2 Å². The van der Waals surface area contributed by atoms with E-state index in [1.807, 2.05) is 13.0 Å². The van der Waals surface area contributed by atoms with E-state index in [2.05, 4.69) is 6.92 Å². The van der Waals surface area contributed by atoms with Gasteiger partial charge in [0.15, 0.2) is 0 Å². The summed E-state index contributed by atoms with van der Waals surface area (Å²) in [6.45, 7) is 7.06. The Bertz CT molecular complexity index is 1850. The first-order chi connectivity index (χ1) is 22.7. The average molecular weight is 640 g/mol. The molecule has 0 saturated carbocycles. The maximum absolute atomic E-state index is 14.0. The largest absolute Gasteiger partial charge is 0.491 e. The molecule has 0 bridgehead atoms. The summed E-state index contributed by atoms with van der Waals surface area (Å²) in [5.74, 6) is -3.06. The van der Waals surface area contributed by atoms with Gasteiger partial charge in [0.05, 0.1) is 37.6 Å². The smallest absolute Gasteiger partial charge is 0.343 e. The topological polar surface area (TPSA) is 104 Å². The Morgan fingerprint density at radius 3 is 2.06 bits per heavy atom. The van der Waals surface area contributed by atoms with Crippen LogP contribution in [-0.2, 0) is 9.47 Å². The van der Waals surface area contributed by atoms with Crippen LogP contribution in [0.3, 0.4) is 0 Å². The molecule has 47 heavy (non-hydrogen) atoms. The van der Waals surface area contributed by atoms with E-state index in [0.29, 0.717) is 36.9 Å². The van der Waals surface area contributed by atoms with E-state index in [1.54, 1.807) is 54.6 Å². The van der Waals surface area contributed by atoms with Gasteiger partial charge in [-0.25, -0.2) is 18.4 Å². The SMILES string of the molecule is CCC1(COCCOc2ccc(C(=O)Oc3ccc4c(c3)C(C)c3cc(C(=O)Oc5cc(F)c(C#N)c(F)c5)ccc3-4)cc2)COC1. The lowest BCUT2D eigenvalue weighted by molar-refractivity contribution is -0.151. The van der Waals surface area contributed by atoms with Crippen LogP contribution in [0.5, 0.6) is 17.2 Å². The van der Waals surface area contributed by atoms with E-state index in [0.717, 1.165) is 54.0 Å². The summed E-state index contributed by atoms with van der Waals surface area (Å²) in [7, 11) is 0. The zero-order valence-electron chi connectivity index (χ0n) is 25.8. The Morgan fingerprint density at radius 2 is 1.43 bits per heavy atom. The van der Waals surface area contributed by atoms with Gasteiger partial charge in [0.25, 0.3) is 0 Å². The van der Waals surface area contributed by atoms with Gasteiger partial charge in [0.1, 0.15) is 47.1 Å². The summed E-state index contributed by atoms with van der Waals surface area (Å²) in [4.78, 5) is 25.8. The summed E-state index contributed by atoms with van der Waals surface area (Å²) >= 11 is 0. The maximum Gasteiger partial charge on any atom is 0.343 e. The van der Waals surface area contributed by atoms with E-state index in [4.69, 9.17) is 28.9 Å². The summed E-state index contributed by atoms with van der Waals surface area (Å²) in [5, 5.41) is 8.85. The Balaban J connectivity index is 1.05. The van der Waals surface area contributed by atoms with Crippen LogP contribution in [0, 0.1) is 28.4 Å². The van der Waals surface area contributed by atoms with Gasteiger partial charge in [0.2, 0.25) is 0 Å². The Morgan fingerprint density at radius 1 is 0.830 bits per heavy atom. The number of nitrogens with zero attached hydrogens (tertiary/aromatic N) is 1. The summed E-state index contributed by atoms with van der Waals surface area (Å²) < 4.78 is 55.7. The predicted molar refractivity (Wildman–Crippen MR) is 167 cm³/mol. The van der Waals surface area contributed by atoms with Crippen molar-refractivity contribution < 1.29 is 42.1 Å². The van der Waals surface area contributed by atoms with Crippen LogP contribution in [0.25, 0.3) is 11.1 Å². The number of fused-ring (bicyclic) bond motifs is 3. The van der Waals surface area contributed by atoms with Gasteiger partial charge in [-0.1, -0.05) is 26.0 Å². The van der Waals surface area contributed by atoms with Gasteiger partial charge < -0.3 is 23.7 Å². The molecule has 0 spiro atoms. The molecular weight excluding hydrogens is 608 g/mol. The fourth-order valence-electron chi connectivity index (χ4n) is 5.69. The third-order valence-corrected chi connectivity index (χ3v) is 8.64. The molecule has 0 amide bonds. The fourth-order valence-corrected chi connectivity index (χ4v) is 5.69. The molecule has 1 unspecified atom stereocenters. The number of halogens is 2. The van der Waals surface area contributed by atoms with Crippen molar-refractivity contribution in [3.05, 3.63) is 112 Å². The van der Waals surface area contributed by atoms with Crippen LogP contribution >= 0.6 is 0 Å². The van der Waals surface area contributed by atoms with Crippen molar-refractivity contribution in [3.8, 4) is 34.4 Å². The molecule has 0 N–H and O–H groups in total. The number of esters is 2. The zero-order chi connectivity index (χ0) is 33.1. The molecule has 1 fully saturated rings. The highest BCUT2D eigenvalue weighted by molar-refractivity contribution is 5.94. The molecule has 4 aromatic rings. The van der Waals surface area contributed by atoms with Gasteiger partial charge in [0, 0.05) is 23.5 Å². The van der Waals surface area contributed by atoms with E-state index >= 15 is 0 Å². The first kappa shape index (κ1) is 31.9. The standard InChI is InChI=1S/C37H31F2NO7/c1-3-37(20-44-21-37)19-43-12-13-45-25-7-4-23(5-8-25)35(41)46-26-9-11-29-28-10-6-24(14-30(28)22(2)31(29)15-26)36(42)47-27-16-33(38)32(18-40)34(39)17-27/h4-11,14-17,22H,3,12-13,19-21H2,1-2H3. The van der Waals surface area contributed by atoms with E-state index < -0.39 is 29.1 Å². The zero-order valence-corrected chi connectivity index (χ0v) is 25.8. The molecule has 1 saturated heterocycles. The third-order valence-electron chi connectivity index (χ3n) is 8.64. The molecule has 1 aliphatic heterocycles. The Kier molecular flexibility index (Phi) is 9.03. The summed E-state index contributed by atoms with van der Waals surface area (Å²) in [5.41, 5.74) is 3.52. The number of hydrogen-bond acceptors (Lipinski definition) is 8. The van der Waals surface area contributed by atoms with Crippen LogP contribution in [0.2, 0.25) is 0 Å². The van der Waals surface area contributed by atoms with E-state index in [1.165, 1.54) is 6.07 Å². The van der Waals surface area contributed by atoms with Gasteiger partial charge >= 0.3 is 11.9 Å². The minimum Gasteiger partial charge on any atom is -0.491 e. The number of rotatable bonds is 11. The fraction of sp³-hybridized carbons (Fsp3) is 0.270. The second-order valence-corrected chi connectivity index (χ2v) is 11.7. The lowest BCUT2D eigenvalue weighted by atomic mass is 9.84. The molecule has 0 aromatic heterocycles. The monoisotopic (exact) mass is 639 g/mol. The molecule has 1 atom stereocenters. The molecule has 8 nitrogen and oxygen atoms in total. The van der Waals surface area contributed by atoms with Crippen molar-refractivity contribution >= 4 is 11.9 Å². The van der Waals surface area contributed by atoms with Crippen molar-refractivity contribution in [2.24, 2.45) is 5.41 Å². The first-order valence-corrected chi connectivity index (χ1v) is 15.2. The molecule has 4 aromatic carbocycles. The van der Waals surface area contributed by atoms with Crippen molar-refractivity contribution in [1.82, 2.24) is 0 Å². The molecule has 240 valence electrons. The average Bonchev–Trinajstić information content (AvgIpc) is 3.32. The van der Waals surface area contributed by atoms with E-state index in [-0.39, 0.29) is 22.6 Å². The van der Waals surface area contributed by atoms with Gasteiger partial charge in [-0.15, -0.1) is 0 Å². The second-order valence-electron chi connectivity index (χ2n) is 11.7. The van der Waals surface area contributed by atoms with Gasteiger partial charge in [-0.3, -0.25) is 0 Å². The first-order valence-electron chi connectivity index (χ1n) is 15.2. The lowest BCUT2D eigenvalue weighted by Gasteiger charge is -2.40. The second kappa shape index (κ2) is 13.3. The minimum absolute atomic E-state index is 0.129. The molecule has 10 heteroatoms. The van der Waals surface area contributed by atoms with Crippen LogP contribution in [0.4, 0.5) is 8.78 Å². The number of benzene rings is 4. The molecule has 1 aliphatic carbocycles. The van der Waals surface area contributed by atoms with E-state index in [9.17, 15) is 18.4 Å². The number of carbonyl (C=O) groups is 2. The number of nitriles is 1.